The molecule has 1 saturated heterocycles. The van der Waals surface area contributed by atoms with Crippen LogP contribution in [0.3, 0.4) is 0 Å². The minimum atomic E-state index is 0.0144. The molecule has 20 heavy (non-hydrogen) atoms. The fraction of sp³-hybridized carbons (Fsp3) is 0.733. The summed E-state index contributed by atoms with van der Waals surface area (Å²) in [5, 5.41) is 0. The molecule has 0 aromatic carbocycles. The molecule has 0 bridgehead atoms. The average molecular weight is 280 g/mol. The average Bonchev–Trinajstić information content (AvgIpc) is 2.80. The monoisotopic (exact) mass is 280 g/mol. The van der Waals surface area contributed by atoms with Crippen molar-refractivity contribution in [3.05, 3.63) is 12.2 Å². The summed E-state index contributed by atoms with van der Waals surface area (Å²) in [6.45, 7) is 2.86. The third-order valence-electron chi connectivity index (χ3n) is 4.02. The molecule has 0 aromatic rings. The van der Waals surface area contributed by atoms with Crippen LogP contribution in [0.15, 0.2) is 12.2 Å². The van der Waals surface area contributed by atoms with Crippen LogP contribution in [-0.2, 0) is 14.3 Å². The van der Waals surface area contributed by atoms with Crippen LogP contribution < -0.4 is 0 Å². The van der Waals surface area contributed by atoms with Crippen molar-refractivity contribution in [3.63, 3.8) is 0 Å². The van der Waals surface area contributed by atoms with Gasteiger partial charge in [0.2, 0.25) is 11.8 Å². The molecule has 5 nitrogen and oxygen atoms in total. The Morgan fingerprint density at radius 1 is 1.15 bits per heavy atom. The van der Waals surface area contributed by atoms with Gasteiger partial charge in [-0.3, -0.25) is 9.59 Å². The lowest BCUT2D eigenvalue weighted by Crippen LogP contribution is -2.39. The summed E-state index contributed by atoms with van der Waals surface area (Å²) in [5.74, 6) is 0.653. The van der Waals surface area contributed by atoms with Gasteiger partial charge in [-0.15, -0.1) is 0 Å². The lowest BCUT2D eigenvalue weighted by atomic mass is 10.0. The fourth-order valence-corrected chi connectivity index (χ4v) is 2.85. The second-order valence-electron chi connectivity index (χ2n) is 5.52. The number of hydrogen-bond donors (Lipinski definition) is 0. The number of hydrogen-bond acceptors (Lipinski definition) is 3. The van der Waals surface area contributed by atoms with Crippen LogP contribution in [0.25, 0.3) is 0 Å². The molecule has 0 aromatic heterocycles. The largest absolute Gasteiger partial charge is 0.375 e. The Hall–Kier alpha value is -1.36. The van der Waals surface area contributed by atoms with Gasteiger partial charge >= 0.3 is 0 Å². The van der Waals surface area contributed by atoms with E-state index in [0.29, 0.717) is 25.4 Å². The zero-order valence-electron chi connectivity index (χ0n) is 12.2. The van der Waals surface area contributed by atoms with E-state index < -0.39 is 0 Å². The van der Waals surface area contributed by atoms with Crippen LogP contribution in [0.4, 0.5) is 0 Å². The lowest BCUT2D eigenvalue weighted by molar-refractivity contribution is -0.136. The molecule has 1 heterocycles. The van der Waals surface area contributed by atoms with Gasteiger partial charge in [0.1, 0.15) is 6.61 Å². The molecule has 2 amide bonds. The summed E-state index contributed by atoms with van der Waals surface area (Å²) in [6, 6.07) is 0. The number of methoxy groups -OCH3 is 1. The zero-order valence-corrected chi connectivity index (χ0v) is 12.2. The summed E-state index contributed by atoms with van der Waals surface area (Å²) >= 11 is 0. The summed E-state index contributed by atoms with van der Waals surface area (Å²) < 4.78 is 4.88. The molecule has 5 heteroatoms. The van der Waals surface area contributed by atoms with Gasteiger partial charge in [0.05, 0.1) is 0 Å². The molecule has 2 rings (SSSR count). The maximum atomic E-state index is 12.3. The van der Waals surface area contributed by atoms with E-state index in [1.807, 2.05) is 4.90 Å². The predicted octanol–water partition coefficient (Wildman–Crippen LogP) is 1.05. The van der Waals surface area contributed by atoms with E-state index in [9.17, 15) is 9.59 Å². The highest BCUT2D eigenvalue weighted by Gasteiger charge is 2.23. The maximum absolute atomic E-state index is 12.3. The molecular formula is C15H24N2O3. The van der Waals surface area contributed by atoms with E-state index in [4.69, 9.17) is 4.74 Å². The van der Waals surface area contributed by atoms with Crippen LogP contribution in [0.2, 0.25) is 0 Å². The number of allylic oxidation sites excluding steroid dienone is 2. The van der Waals surface area contributed by atoms with Crippen molar-refractivity contribution in [3.8, 4) is 0 Å². The second kappa shape index (κ2) is 7.43. The molecule has 1 aliphatic heterocycles. The van der Waals surface area contributed by atoms with Gasteiger partial charge in [0.25, 0.3) is 0 Å². The molecule has 1 atom stereocenters. The van der Waals surface area contributed by atoms with E-state index >= 15 is 0 Å². The van der Waals surface area contributed by atoms with Gasteiger partial charge in [-0.25, -0.2) is 0 Å². The number of carbonyl (C=O) groups is 2. The van der Waals surface area contributed by atoms with Crippen LogP contribution in [0.1, 0.15) is 25.7 Å². The van der Waals surface area contributed by atoms with Crippen LogP contribution in [0, 0.1) is 5.92 Å². The van der Waals surface area contributed by atoms with Gasteiger partial charge in [-0.1, -0.05) is 12.2 Å². The van der Waals surface area contributed by atoms with Gasteiger partial charge < -0.3 is 14.5 Å². The first-order valence-electron chi connectivity index (χ1n) is 7.42. The third kappa shape index (κ3) is 4.07. The molecule has 0 spiro atoms. The molecule has 0 N–H and O–H groups in total. The Balaban J connectivity index is 1.80. The Morgan fingerprint density at radius 3 is 2.45 bits per heavy atom. The number of ether oxygens (including phenoxy) is 1. The van der Waals surface area contributed by atoms with Crippen LogP contribution >= 0.6 is 0 Å². The van der Waals surface area contributed by atoms with Gasteiger partial charge in [-0.2, -0.15) is 0 Å². The molecule has 2 aliphatic rings. The first-order valence-corrected chi connectivity index (χ1v) is 7.42. The van der Waals surface area contributed by atoms with Crippen LogP contribution in [0.5, 0.6) is 0 Å². The summed E-state index contributed by atoms with van der Waals surface area (Å²) in [7, 11) is 1.53. The number of carbonyl (C=O) groups excluding carboxylic acids is 2. The van der Waals surface area contributed by atoms with Gasteiger partial charge in [0.15, 0.2) is 0 Å². The molecule has 0 saturated carbocycles. The Bertz CT molecular complexity index is 381. The molecule has 0 radical (unpaired) electrons. The Labute approximate surface area is 120 Å². The lowest BCUT2D eigenvalue weighted by Gasteiger charge is -2.23. The smallest absolute Gasteiger partial charge is 0.248 e. The molecule has 1 fully saturated rings. The van der Waals surface area contributed by atoms with Gasteiger partial charge in [-0.05, 0) is 25.2 Å². The SMILES string of the molecule is COCC(=O)N1CCCN(C(=O)CC2C=CCC2)CC1. The zero-order chi connectivity index (χ0) is 14.4. The van der Waals surface area contributed by atoms with E-state index in [1.54, 1.807) is 4.90 Å². The standard InChI is InChI=1S/C15H24N2O3/c1-20-12-15(19)17-8-4-7-16(9-10-17)14(18)11-13-5-2-3-6-13/h2,5,13H,3-4,6-12H2,1H3. The molecule has 1 unspecified atom stereocenters. The van der Waals surface area contributed by atoms with Crippen molar-refractivity contribution in [2.45, 2.75) is 25.7 Å². The van der Waals surface area contributed by atoms with E-state index in [2.05, 4.69) is 12.2 Å². The fourth-order valence-electron chi connectivity index (χ4n) is 2.85. The van der Waals surface area contributed by atoms with Crippen molar-refractivity contribution in [2.24, 2.45) is 5.92 Å². The summed E-state index contributed by atoms with van der Waals surface area (Å²) in [4.78, 5) is 27.8. The number of rotatable bonds is 4. The molecule has 1 aliphatic carbocycles. The Kier molecular flexibility index (Phi) is 5.59. The van der Waals surface area contributed by atoms with Crippen molar-refractivity contribution in [2.75, 3.05) is 39.9 Å². The van der Waals surface area contributed by atoms with Crippen molar-refractivity contribution in [1.82, 2.24) is 9.80 Å². The number of nitrogens with zero attached hydrogens (tertiary/aromatic N) is 2. The maximum Gasteiger partial charge on any atom is 0.248 e. The highest BCUT2D eigenvalue weighted by atomic mass is 16.5. The first-order chi connectivity index (χ1) is 9.70. The van der Waals surface area contributed by atoms with E-state index in [-0.39, 0.29) is 18.4 Å². The topological polar surface area (TPSA) is 49.9 Å². The highest BCUT2D eigenvalue weighted by molar-refractivity contribution is 5.78. The minimum Gasteiger partial charge on any atom is -0.375 e. The number of amides is 2. The van der Waals surface area contributed by atoms with Crippen molar-refractivity contribution in [1.29, 1.82) is 0 Å². The second-order valence-corrected chi connectivity index (χ2v) is 5.52. The normalized spacial score (nSPS) is 22.9. The van der Waals surface area contributed by atoms with Crippen molar-refractivity contribution >= 4 is 11.8 Å². The highest BCUT2D eigenvalue weighted by Crippen LogP contribution is 2.21. The van der Waals surface area contributed by atoms with E-state index in [1.165, 1.54) is 7.11 Å². The first kappa shape index (κ1) is 15.0. The quantitative estimate of drug-likeness (QED) is 0.723. The Morgan fingerprint density at radius 2 is 1.85 bits per heavy atom. The predicted molar refractivity (Wildman–Crippen MR) is 76.1 cm³/mol. The minimum absolute atomic E-state index is 0.0144. The van der Waals surface area contributed by atoms with Crippen LogP contribution in [-0.4, -0.2) is 61.5 Å². The molecular weight excluding hydrogens is 256 g/mol. The molecule has 112 valence electrons. The van der Waals surface area contributed by atoms with Crippen molar-refractivity contribution < 1.29 is 14.3 Å². The summed E-state index contributed by atoms with van der Waals surface area (Å²) in [6.07, 6.45) is 7.97. The summed E-state index contributed by atoms with van der Waals surface area (Å²) in [5.41, 5.74) is 0. The van der Waals surface area contributed by atoms with E-state index in [0.717, 1.165) is 32.4 Å². The third-order valence-corrected chi connectivity index (χ3v) is 4.02. The van der Waals surface area contributed by atoms with Gasteiger partial charge in [0, 0.05) is 39.7 Å².